The Kier molecular flexibility index (Phi) is 4.93. The van der Waals surface area contributed by atoms with Crippen molar-refractivity contribution in [2.45, 2.75) is 19.1 Å². The summed E-state index contributed by atoms with van der Waals surface area (Å²) in [7, 11) is 1.46. The van der Waals surface area contributed by atoms with Gasteiger partial charge in [-0.2, -0.15) is 13.2 Å². The summed E-state index contributed by atoms with van der Waals surface area (Å²) in [6.07, 6.45) is -4.37. The van der Waals surface area contributed by atoms with Crippen LogP contribution in [0.2, 0.25) is 0 Å². The highest BCUT2D eigenvalue weighted by Crippen LogP contribution is 2.30. The summed E-state index contributed by atoms with van der Waals surface area (Å²) in [4.78, 5) is 12.3. The number of rotatable bonds is 4. The van der Waals surface area contributed by atoms with Gasteiger partial charge in [0.25, 0.3) is 5.91 Å². The monoisotopic (exact) mass is 323 g/mol. The highest BCUT2D eigenvalue weighted by Gasteiger charge is 2.30. The van der Waals surface area contributed by atoms with Gasteiger partial charge < -0.3 is 10.1 Å². The lowest BCUT2D eigenvalue weighted by molar-refractivity contribution is -0.137. The summed E-state index contributed by atoms with van der Waals surface area (Å²) in [5, 5.41) is 2.75. The molecule has 0 aliphatic heterocycles. The molecule has 1 N–H and O–H groups in total. The van der Waals surface area contributed by atoms with Crippen LogP contribution < -0.4 is 10.1 Å². The Hall–Kier alpha value is -2.50. The Labute approximate surface area is 132 Å². The van der Waals surface area contributed by atoms with Gasteiger partial charge in [0.15, 0.2) is 0 Å². The molecule has 0 unspecified atom stereocenters. The largest absolute Gasteiger partial charge is 0.496 e. The van der Waals surface area contributed by atoms with Gasteiger partial charge in [-0.05, 0) is 36.8 Å². The first-order valence-corrected chi connectivity index (χ1v) is 6.94. The van der Waals surface area contributed by atoms with Crippen molar-refractivity contribution in [3.8, 4) is 5.75 Å². The minimum atomic E-state index is -4.37. The summed E-state index contributed by atoms with van der Waals surface area (Å²) in [5.41, 5.74) is 0.236. The van der Waals surface area contributed by atoms with Gasteiger partial charge in [-0.3, -0.25) is 4.79 Å². The number of carbonyl (C=O) groups is 1. The molecule has 3 nitrogen and oxygen atoms in total. The van der Waals surface area contributed by atoms with Crippen molar-refractivity contribution in [1.82, 2.24) is 5.32 Å². The maximum Gasteiger partial charge on any atom is 0.416 e. The maximum absolute atomic E-state index is 12.6. The van der Waals surface area contributed by atoms with E-state index in [1.54, 1.807) is 31.2 Å². The highest BCUT2D eigenvalue weighted by molar-refractivity contribution is 5.97. The number of ether oxygens (including phenoxy) is 1. The quantitative estimate of drug-likeness (QED) is 0.915. The fourth-order valence-corrected chi connectivity index (χ4v) is 2.15. The molecular weight excluding hydrogens is 307 g/mol. The lowest BCUT2D eigenvalue weighted by atomic mass is 10.1. The van der Waals surface area contributed by atoms with E-state index >= 15 is 0 Å². The van der Waals surface area contributed by atoms with Crippen molar-refractivity contribution < 1.29 is 22.7 Å². The van der Waals surface area contributed by atoms with E-state index in [2.05, 4.69) is 5.32 Å². The number of hydrogen-bond acceptors (Lipinski definition) is 2. The van der Waals surface area contributed by atoms with Crippen molar-refractivity contribution >= 4 is 5.91 Å². The van der Waals surface area contributed by atoms with E-state index in [-0.39, 0.29) is 5.91 Å². The minimum Gasteiger partial charge on any atom is -0.496 e. The number of hydrogen-bond donors (Lipinski definition) is 1. The molecule has 2 rings (SSSR count). The van der Waals surface area contributed by atoms with Crippen molar-refractivity contribution in [2.75, 3.05) is 7.11 Å². The van der Waals surface area contributed by atoms with Crippen LogP contribution in [0.1, 0.15) is 34.5 Å². The number of carbonyl (C=O) groups excluding carboxylic acids is 1. The van der Waals surface area contributed by atoms with Gasteiger partial charge in [-0.25, -0.2) is 0 Å². The van der Waals surface area contributed by atoms with Crippen molar-refractivity contribution in [3.63, 3.8) is 0 Å². The topological polar surface area (TPSA) is 38.3 Å². The molecule has 0 saturated carbocycles. The molecule has 2 aromatic carbocycles. The lowest BCUT2D eigenvalue weighted by Gasteiger charge is -2.16. The lowest BCUT2D eigenvalue weighted by Crippen LogP contribution is -2.27. The van der Waals surface area contributed by atoms with Gasteiger partial charge in [0.05, 0.1) is 24.3 Å². The van der Waals surface area contributed by atoms with Crippen LogP contribution in [-0.4, -0.2) is 13.0 Å². The maximum atomic E-state index is 12.6. The van der Waals surface area contributed by atoms with E-state index < -0.39 is 17.8 Å². The second-order valence-electron chi connectivity index (χ2n) is 5.02. The second kappa shape index (κ2) is 6.73. The van der Waals surface area contributed by atoms with Crippen LogP contribution in [0.25, 0.3) is 0 Å². The van der Waals surface area contributed by atoms with Gasteiger partial charge in [-0.1, -0.05) is 24.3 Å². The molecule has 23 heavy (non-hydrogen) atoms. The molecule has 0 saturated heterocycles. The molecule has 1 atom stereocenters. The fourth-order valence-electron chi connectivity index (χ4n) is 2.15. The molecule has 0 radical (unpaired) electrons. The molecule has 0 bridgehead atoms. The summed E-state index contributed by atoms with van der Waals surface area (Å²) in [5.74, 6) is 0.0828. The number of para-hydroxylation sites is 1. The highest BCUT2D eigenvalue weighted by atomic mass is 19.4. The Bertz CT molecular complexity index is 681. The number of alkyl halides is 3. The van der Waals surface area contributed by atoms with Crippen LogP contribution in [0.4, 0.5) is 13.2 Å². The molecule has 2 aromatic rings. The first-order chi connectivity index (χ1) is 10.8. The number of benzene rings is 2. The van der Waals surface area contributed by atoms with Crippen LogP contribution in [0.3, 0.4) is 0 Å². The van der Waals surface area contributed by atoms with Crippen LogP contribution in [0, 0.1) is 0 Å². The standard InChI is InChI=1S/C17H16F3NO2/c1-11(12-7-9-13(10-8-12)17(18,19)20)21-16(22)14-5-3-4-6-15(14)23-2/h3-11H,1-2H3,(H,21,22)/t11-/m0/s1. The zero-order valence-corrected chi connectivity index (χ0v) is 12.6. The van der Waals surface area contributed by atoms with E-state index in [0.717, 1.165) is 12.1 Å². The Morgan fingerprint density at radius 1 is 1.09 bits per heavy atom. The predicted octanol–water partition coefficient (Wildman–Crippen LogP) is 4.21. The van der Waals surface area contributed by atoms with E-state index in [1.807, 2.05) is 0 Å². The minimum absolute atomic E-state index is 0.352. The number of amides is 1. The third kappa shape index (κ3) is 4.03. The summed E-state index contributed by atoms with van der Waals surface area (Å²) in [6, 6.07) is 11.0. The SMILES string of the molecule is COc1ccccc1C(=O)N[C@@H](C)c1ccc(C(F)(F)F)cc1. The average molecular weight is 323 g/mol. The van der Waals surface area contributed by atoms with Crippen molar-refractivity contribution in [3.05, 3.63) is 65.2 Å². The van der Waals surface area contributed by atoms with Gasteiger partial charge in [0.2, 0.25) is 0 Å². The first kappa shape index (κ1) is 16.9. The average Bonchev–Trinajstić information content (AvgIpc) is 2.54. The first-order valence-electron chi connectivity index (χ1n) is 6.94. The molecule has 0 aliphatic rings. The van der Waals surface area contributed by atoms with E-state index in [4.69, 9.17) is 4.74 Å². The molecule has 0 aliphatic carbocycles. The van der Waals surface area contributed by atoms with Gasteiger partial charge in [0.1, 0.15) is 5.75 Å². The predicted molar refractivity (Wildman–Crippen MR) is 80.3 cm³/mol. The van der Waals surface area contributed by atoms with Crippen molar-refractivity contribution in [1.29, 1.82) is 0 Å². The second-order valence-corrected chi connectivity index (χ2v) is 5.02. The molecule has 1 amide bonds. The van der Waals surface area contributed by atoms with Crippen LogP contribution in [0.15, 0.2) is 48.5 Å². The van der Waals surface area contributed by atoms with Gasteiger partial charge in [0, 0.05) is 0 Å². The van der Waals surface area contributed by atoms with Gasteiger partial charge >= 0.3 is 6.18 Å². The molecule has 122 valence electrons. The summed E-state index contributed by atoms with van der Waals surface area (Å²) < 4.78 is 42.8. The summed E-state index contributed by atoms with van der Waals surface area (Å²) in [6.45, 7) is 1.70. The Morgan fingerprint density at radius 2 is 1.70 bits per heavy atom. The third-order valence-electron chi connectivity index (χ3n) is 3.44. The Morgan fingerprint density at radius 3 is 2.26 bits per heavy atom. The molecule has 0 heterocycles. The molecular formula is C17H16F3NO2. The smallest absolute Gasteiger partial charge is 0.416 e. The zero-order valence-electron chi connectivity index (χ0n) is 12.6. The fraction of sp³-hybridized carbons (Fsp3) is 0.235. The zero-order chi connectivity index (χ0) is 17.0. The molecule has 0 aromatic heterocycles. The van der Waals surface area contributed by atoms with E-state index in [9.17, 15) is 18.0 Å². The van der Waals surface area contributed by atoms with Crippen LogP contribution >= 0.6 is 0 Å². The normalized spacial score (nSPS) is 12.6. The van der Waals surface area contributed by atoms with Gasteiger partial charge in [-0.15, -0.1) is 0 Å². The molecule has 6 heteroatoms. The molecule has 0 fully saturated rings. The van der Waals surface area contributed by atoms with E-state index in [0.29, 0.717) is 16.9 Å². The van der Waals surface area contributed by atoms with Crippen molar-refractivity contribution in [2.24, 2.45) is 0 Å². The Balaban J connectivity index is 2.12. The number of methoxy groups -OCH3 is 1. The van der Waals surface area contributed by atoms with Crippen LogP contribution in [-0.2, 0) is 6.18 Å². The number of nitrogens with one attached hydrogen (secondary N) is 1. The molecule has 0 spiro atoms. The summed E-state index contributed by atoms with van der Waals surface area (Å²) >= 11 is 0. The van der Waals surface area contributed by atoms with Crippen LogP contribution in [0.5, 0.6) is 5.75 Å². The number of halogens is 3. The third-order valence-corrected chi connectivity index (χ3v) is 3.44. The van der Waals surface area contributed by atoms with E-state index in [1.165, 1.54) is 19.2 Å².